The molecule has 7 heteroatoms. The number of fused-ring (bicyclic) bond motifs is 1. The fraction of sp³-hybridized carbons (Fsp3) is 0.417. The van der Waals surface area contributed by atoms with Crippen LogP contribution in [-0.4, -0.2) is 47.5 Å². The highest BCUT2D eigenvalue weighted by Crippen LogP contribution is 2.25. The second-order valence-corrected chi connectivity index (χ2v) is 8.29. The van der Waals surface area contributed by atoms with E-state index in [1.165, 1.54) is 0 Å². The number of carbonyl (C=O) groups is 2. The van der Waals surface area contributed by atoms with Crippen molar-refractivity contribution in [2.24, 2.45) is 5.92 Å². The van der Waals surface area contributed by atoms with E-state index in [9.17, 15) is 9.59 Å². The van der Waals surface area contributed by atoms with Crippen molar-refractivity contribution in [2.75, 3.05) is 25.0 Å². The van der Waals surface area contributed by atoms with Gasteiger partial charge in [-0.2, -0.15) is 0 Å². The van der Waals surface area contributed by atoms with E-state index < -0.39 is 0 Å². The van der Waals surface area contributed by atoms with Crippen LogP contribution in [0.5, 0.6) is 5.75 Å². The number of carbonyl (C=O) groups excluding carboxylic acids is 2. The van der Waals surface area contributed by atoms with Crippen LogP contribution >= 0.6 is 0 Å². The topological polar surface area (TPSA) is 73.9 Å². The van der Waals surface area contributed by atoms with Crippen molar-refractivity contribution in [2.45, 2.75) is 39.2 Å². The standard InChI is InChI=1S/C24H30N4O3/c1-3-17(2)23(29)27-12-9-22(10-13-27)31-21-6-4-20(5-7-21)26-24(30)28-15-18-8-11-25-14-19(18)16-28/h4-8,11,14-15,17,22,25H,3,9-10,12-13,16H2,1-2H3,(H,26,30). The number of dihydropyridines is 1. The molecule has 0 radical (unpaired) electrons. The summed E-state index contributed by atoms with van der Waals surface area (Å²) < 4.78 is 6.10. The minimum atomic E-state index is -0.164. The summed E-state index contributed by atoms with van der Waals surface area (Å²) in [6, 6.07) is 7.30. The molecule has 0 spiro atoms. The molecule has 1 aromatic rings. The number of allylic oxidation sites excluding steroid dienone is 1. The molecular formula is C24H30N4O3. The molecule has 3 aliphatic rings. The van der Waals surface area contributed by atoms with Crippen molar-refractivity contribution in [3.63, 3.8) is 0 Å². The summed E-state index contributed by atoms with van der Waals surface area (Å²) in [5.74, 6) is 1.11. The van der Waals surface area contributed by atoms with Crippen LogP contribution in [0.4, 0.5) is 10.5 Å². The summed E-state index contributed by atoms with van der Waals surface area (Å²) in [6.45, 7) is 6.08. The first-order valence-electron chi connectivity index (χ1n) is 11.0. The number of anilines is 1. The van der Waals surface area contributed by atoms with E-state index in [0.29, 0.717) is 6.54 Å². The lowest BCUT2D eigenvalue weighted by atomic mass is 10.0. The molecule has 3 heterocycles. The molecule has 0 saturated carbocycles. The SMILES string of the molecule is CCC(C)C(=O)N1CCC(Oc2ccc(NC(=O)N3C=C4C=CNC=C4C3)cc2)CC1. The van der Waals surface area contributed by atoms with E-state index in [1.807, 2.05) is 67.7 Å². The molecule has 2 N–H and O–H groups in total. The Hall–Kier alpha value is -3.22. The third-order valence-electron chi connectivity index (χ3n) is 6.08. The third kappa shape index (κ3) is 4.93. The van der Waals surface area contributed by atoms with Crippen molar-refractivity contribution in [3.05, 3.63) is 60.1 Å². The lowest BCUT2D eigenvalue weighted by Crippen LogP contribution is -2.43. The molecule has 1 atom stereocenters. The van der Waals surface area contributed by atoms with Crippen LogP contribution in [0.25, 0.3) is 0 Å². The summed E-state index contributed by atoms with van der Waals surface area (Å²) in [5.41, 5.74) is 2.87. The molecule has 7 nitrogen and oxygen atoms in total. The quantitative estimate of drug-likeness (QED) is 0.756. The summed E-state index contributed by atoms with van der Waals surface area (Å²) >= 11 is 0. The van der Waals surface area contributed by atoms with Gasteiger partial charge in [0.15, 0.2) is 0 Å². The number of likely N-dealkylation sites (tertiary alicyclic amines) is 1. The Morgan fingerprint density at radius 3 is 2.65 bits per heavy atom. The van der Waals surface area contributed by atoms with E-state index in [-0.39, 0.29) is 24.0 Å². The molecule has 0 bridgehead atoms. The Labute approximate surface area is 183 Å². The molecule has 31 heavy (non-hydrogen) atoms. The first kappa shape index (κ1) is 21.0. The normalized spacial score (nSPS) is 19.2. The molecule has 4 rings (SSSR count). The van der Waals surface area contributed by atoms with Gasteiger partial charge in [0, 0.05) is 56.1 Å². The van der Waals surface area contributed by atoms with Crippen LogP contribution in [-0.2, 0) is 4.79 Å². The number of benzene rings is 1. The maximum absolute atomic E-state index is 12.6. The van der Waals surface area contributed by atoms with Crippen LogP contribution in [0.2, 0.25) is 0 Å². The number of urea groups is 1. The van der Waals surface area contributed by atoms with Gasteiger partial charge in [0.2, 0.25) is 5.91 Å². The Kier molecular flexibility index (Phi) is 6.30. The van der Waals surface area contributed by atoms with E-state index in [1.54, 1.807) is 4.90 Å². The smallest absolute Gasteiger partial charge is 0.326 e. The van der Waals surface area contributed by atoms with Crippen LogP contribution in [0.3, 0.4) is 0 Å². The zero-order valence-corrected chi connectivity index (χ0v) is 18.1. The van der Waals surface area contributed by atoms with Crippen LogP contribution < -0.4 is 15.4 Å². The van der Waals surface area contributed by atoms with E-state index in [0.717, 1.165) is 54.9 Å². The van der Waals surface area contributed by atoms with Gasteiger partial charge in [-0.05, 0) is 47.9 Å². The molecule has 1 saturated heterocycles. The van der Waals surface area contributed by atoms with Gasteiger partial charge >= 0.3 is 6.03 Å². The molecule has 1 unspecified atom stereocenters. The Bertz CT molecular complexity index is 911. The van der Waals surface area contributed by atoms with Gasteiger partial charge < -0.3 is 20.3 Å². The minimum absolute atomic E-state index is 0.0888. The van der Waals surface area contributed by atoms with E-state index in [4.69, 9.17) is 4.74 Å². The lowest BCUT2D eigenvalue weighted by Gasteiger charge is -2.33. The van der Waals surface area contributed by atoms with Crippen molar-refractivity contribution in [1.82, 2.24) is 15.1 Å². The maximum atomic E-state index is 12.6. The van der Waals surface area contributed by atoms with Gasteiger partial charge in [0.25, 0.3) is 0 Å². The highest BCUT2D eigenvalue weighted by atomic mass is 16.5. The van der Waals surface area contributed by atoms with Gasteiger partial charge in [-0.25, -0.2) is 4.79 Å². The fourth-order valence-electron chi connectivity index (χ4n) is 3.95. The molecule has 3 amide bonds. The van der Waals surface area contributed by atoms with E-state index >= 15 is 0 Å². The summed E-state index contributed by atoms with van der Waals surface area (Å²) in [4.78, 5) is 28.5. The minimum Gasteiger partial charge on any atom is -0.490 e. The molecule has 0 aliphatic carbocycles. The lowest BCUT2D eigenvalue weighted by molar-refractivity contribution is -0.136. The number of ether oxygens (including phenoxy) is 1. The zero-order valence-electron chi connectivity index (χ0n) is 18.1. The monoisotopic (exact) mass is 422 g/mol. The van der Waals surface area contributed by atoms with Gasteiger partial charge in [-0.15, -0.1) is 0 Å². The number of rotatable bonds is 5. The van der Waals surface area contributed by atoms with Crippen molar-refractivity contribution in [1.29, 1.82) is 0 Å². The molecule has 0 aromatic heterocycles. The van der Waals surface area contributed by atoms with Gasteiger partial charge in [0.05, 0.1) is 6.54 Å². The number of amides is 3. The van der Waals surface area contributed by atoms with Crippen molar-refractivity contribution < 1.29 is 14.3 Å². The Morgan fingerprint density at radius 2 is 1.97 bits per heavy atom. The predicted octanol–water partition coefficient (Wildman–Crippen LogP) is 3.83. The van der Waals surface area contributed by atoms with Crippen LogP contribution in [0.1, 0.15) is 33.1 Å². The van der Waals surface area contributed by atoms with Crippen molar-refractivity contribution in [3.8, 4) is 5.75 Å². The van der Waals surface area contributed by atoms with E-state index in [2.05, 4.69) is 10.6 Å². The highest BCUT2D eigenvalue weighted by Gasteiger charge is 2.26. The van der Waals surface area contributed by atoms with Gasteiger partial charge in [-0.3, -0.25) is 9.69 Å². The summed E-state index contributed by atoms with van der Waals surface area (Å²) in [6.07, 6.45) is 10.2. The number of hydrogen-bond donors (Lipinski definition) is 2. The predicted molar refractivity (Wildman–Crippen MR) is 120 cm³/mol. The fourth-order valence-corrected chi connectivity index (χ4v) is 3.95. The highest BCUT2D eigenvalue weighted by molar-refractivity contribution is 5.91. The van der Waals surface area contributed by atoms with Gasteiger partial charge in [-0.1, -0.05) is 13.8 Å². The average molecular weight is 423 g/mol. The second kappa shape index (κ2) is 9.29. The van der Waals surface area contributed by atoms with Crippen molar-refractivity contribution >= 4 is 17.6 Å². The first-order chi connectivity index (χ1) is 15.0. The van der Waals surface area contributed by atoms with Crippen LogP contribution in [0.15, 0.2) is 60.1 Å². The molecule has 3 aliphatic heterocycles. The maximum Gasteiger partial charge on any atom is 0.326 e. The molecule has 164 valence electrons. The van der Waals surface area contributed by atoms with Crippen LogP contribution in [0, 0.1) is 5.92 Å². The summed E-state index contributed by atoms with van der Waals surface area (Å²) in [5, 5.41) is 5.98. The second-order valence-electron chi connectivity index (χ2n) is 8.29. The number of piperidine rings is 1. The third-order valence-corrected chi connectivity index (χ3v) is 6.08. The number of hydrogen-bond acceptors (Lipinski definition) is 4. The summed E-state index contributed by atoms with van der Waals surface area (Å²) in [7, 11) is 0. The molecule has 1 aromatic carbocycles. The molecule has 1 fully saturated rings. The largest absolute Gasteiger partial charge is 0.490 e. The number of nitrogens with zero attached hydrogens (tertiary/aromatic N) is 2. The Balaban J connectivity index is 1.26. The zero-order chi connectivity index (χ0) is 21.8. The molecular weight excluding hydrogens is 392 g/mol. The Morgan fingerprint density at radius 1 is 1.23 bits per heavy atom. The first-order valence-corrected chi connectivity index (χ1v) is 11.0. The number of nitrogens with one attached hydrogen (secondary N) is 2. The van der Waals surface area contributed by atoms with Gasteiger partial charge in [0.1, 0.15) is 11.9 Å². The average Bonchev–Trinajstić information content (AvgIpc) is 3.24.